The van der Waals surface area contributed by atoms with Gasteiger partial charge in [-0.25, -0.2) is 4.79 Å². The SMILES string of the molecule is CNC(CC(=O)ON1C(=O)CCC1=O)C(O)O. The molecular formula is C9H14N2O6. The lowest BCUT2D eigenvalue weighted by molar-refractivity contribution is -0.199. The van der Waals surface area contributed by atoms with E-state index in [9.17, 15) is 14.4 Å². The molecule has 1 aliphatic rings. The number of aliphatic hydroxyl groups excluding tert-OH is 1. The first-order chi connectivity index (χ1) is 7.95. The number of nitrogens with zero attached hydrogens (tertiary/aromatic N) is 1. The number of hydrogen-bond acceptors (Lipinski definition) is 7. The topological polar surface area (TPSA) is 116 Å². The number of aliphatic hydroxyl groups is 2. The summed E-state index contributed by atoms with van der Waals surface area (Å²) in [5.74, 6) is -2.04. The highest BCUT2D eigenvalue weighted by Crippen LogP contribution is 2.13. The van der Waals surface area contributed by atoms with Crippen LogP contribution in [0.4, 0.5) is 0 Å². The van der Waals surface area contributed by atoms with E-state index in [-0.39, 0.29) is 19.3 Å². The molecule has 96 valence electrons. The summed E-state index contributed by atoms with van der Waals surface area (Å²) < 4.78 is 0. The van der Waals surface area contributed by atoms with Gasteiger partial charge in [0, 0.05) is 12.8 Å². The van der Waals surface area contributed by atoms with Gasteiger partial charge in [0.15, 0.2) is 6.29 Å². The van der Waals surface area contributed by atoms with Crippen LogP contribution in [0.5, 0.6) is 0 Å². The van der Waals surface area contributed by atoms with Crippen LogP contribution >= 0.6 is 0 Å². The van der Waals surface area contributed by atoms with Crippen LogP contribution in [0, 0.1) is 0 Å². The smallest absolute Gasteiger partial charge is 0.334 e. The van der Waals surface area contributed by atoms with E-state index in [0.29, 0.717) is 5.06 Å². The summed E-state index contributed by atoms with van der Waals surface area (Å²) in [5, 5.41) is 20.6. The first kappa shape index (κ1) is 13.6. The molecule has 0 radical (unpaired) electrons. The number of rotatable bonds is 5. The minimum atomic E-state index is -1.74. The van der Waals surface area contributed by atoms with Crippen LogP contribution in [0.1, 0.15) is 19.3 Å². The molecule has 1 heterocycles. The molecule has 1 rings (SSSR count). The van der Waals surface area contributed by atoms with Gasteiger partial charge in [0.1, 0.15) is 0 Å². The summed E-state index contributed by atoms with van der Waals surface area (Å²) in [6.45, 7) is 0. The van der Waals surface area contributed by atoms with Crippen LogP contribution in [0.15, 0.2) is 0 Å². The van der Waals surface area contributed by atoms with E-state index in [4.69, 9.17) is 10.2 Å². The Bertz CT molecular complexity index is 313. The zero-order chi connectivity index (χ0) is 13.0. The molecule has 0 aliphatic carbocycles. The molecule has 0 saturated carbocycles. The monoisotopic (exact) mass is 246 g/mol. The highest BCUT2D eigenvalue weighted by molar-refractivity contribution is 6.01. The van der Waals surface area contributed by atoms with Gasteiger partial charge >= 0.3 is 5.97 Å². The maximum atomic E-state index is 11.3. The molecule has 8 heteroatoms. The number of hydroxylamine groups is 2. The molecule has 1 aliphatic heterocycles. The molecule has 8 nitrogen and oxygen atoms in total. The van der Waals surface area contributed by atoms with E-state index in [1.807, 2.05) is 0 Å². The van der Waals surface area contributed by atoms with Crippen molar-refractivity contribution >= 4 is 17.8 Å². The Hall–Kier alpha value is -1.51. The molecule has 1 unspecified atom stereocenters. The molecule has 1 fully saturated rings. The average Bonchev–Trinajstić information content (AvgIpc) is 2.57. The molecule has 3 N–H and O–H groups in total. The van der Waals surface area contributed by atoms with Crippen molar-refractivity contribution in [2.24, 2.45) is 0 Å². The summed E-state index contributed by atoms with van der Waals surface area (Å²) in [6.07, 6.45) is -2.07. The predicted octanol–water partition coefficient (Wildman–Crippen LogP) is -2.12. The standard InChI is InChI=1S/C9H14N2O6/c1-10-5(9(15)16)4-8(14)17-11-6(12)2-3-7(11)13/h5,9-10,15-16H,2-4H2,1H3. The van der Waals surface area contributed by atoms with Crippen LogP contribution in [0.2, 0.25) is 0 Å². The highest BCUT2D eigenvalue weighted by Gasteiger charge is 2.33. The molecule has 17 heavy (non-hydrogen) atoms. The second-order valence-electron chi connectivity index (χ2n) is 3.56. The van der Waals surface area contributed by atoms with E-state index in [1.165, 1.54) is 7.05 Å². The van der Waals surface area contributed by atoms with E-state index >= 15 is 0 Å². The van der Waals surface area contributed by atoms with Crippen molar-refractivity contribution < 1.29 is 29.4 Å². The van der Waals surface area contributed by atoms with Crippen LogP contribution < -0.4 is 5.32 Å². The van der Waals surface area contributed by atoms with Crippen LogP contribution in [-0.2, 0) is 19.2 Å². The van der Waals surface area contributed by atoms with Crippen molar-refractivity contribution in [2.45, 2.75) is 31.6 Å². The summed E-state index contributed by atoms with van der Waals surface area (Å²) in [4.78, 5) is 38.1. The van der Waals surface area contributed by atoms with E-state index in [1.54, 1.807) is 0 Å². The first-order valence-electron chi connectivity index (χ1n) is 5.05. The molecule has 0 spiro atoms. The Morgan fingerprint density at radius 3 is 2.35 bits per heavy atom. The van der Waals surface area contributed by atoms with Gasteiger partial charge in [-0.1, -0.05) is 0 Å². The van der Waals surface area contributed by atoms with Crippen LogP contribution in [0.3, 0.4) is 0 Å². The third-order valence-electron chi connectivity index (χ3n) is 2.32. The van der Waals surface area contributed by atoms with E-state index < -0.39 is 30.1 Å². The largest absolute Gasteiger partial charge is 0.367 e. The maximum absolute atomic E-state index is 11.3. The third kappa shape index (κ3) is 3.48. The normalized spacial score (nSPS) is 17.8. The predicted molar refractivity (Wildman–Crippen MR) is 52.9 cm³/mol. The summed E-state index contributed by atoms with van der Waals surface area (Å²) in [5.41, 5.74) is 0. The highest BCUT2D eigenvalue weighted by atomic mass is 16.7. The van der Waals surface area contributed by atoms with Crippen molar-refractivity contribution in [3.63, 3.8) is 0 Å². The van der Waals surface area contributed by atoms with Crippen LogP contribution in [-0.4, -0.2) is 52.4 Å². The van der Waals surface area contributed by atoms with Gasteiger partial charge in [0.05, 0.1) is 12.5 Å². The van der Waals surface area contributed by atoms with Gasteiger partial charge < -0.3 is 20.4 Å². The fraction of sp³-hybridized carbons (Fsp3) is 0.667. The molecule has 1 atom stereocenters. The molecule has 0 aromatic heterocycles. The maximum Gasteiger partial charge on any atom is 0.334 e. The van der Waals surface area contributed by atoms with Crippen molar-refractivity contribution in [1.29, 1.82) is 0 Å². The molecule has 0 aromatic carbocycles. The van der Waals surface area contributed by atoms with Gasteiger partial charge in [0.2, 0.25) is 0 Å². The number of carbonyl (C=O) groups is 3. The number of amides is 2. The Morgan fingerprint density at radius 1 is 1.41 bits per heavy atom. The second-order valence-corrected chi connectivity index (χ2v) is 3.56. The fourth-order valence-electron chi connectivity index (χ4n) is 1.33. The summed E-state index contributed by atoms with van der Waals surface area (Å²) in [6, 6.07) is -0.921. The molecule has 2 amide bonds. The molecule has 0 aromatic rings. The Balaban J connectivity index is 2.49. The molecule has 1 saturated heterocycles. The minimum absolute atomic E-state index is 0.0181. The first-order valence-corrected chi connectivity index (χ1v) is 5.05. The van der Waals surface area contributed by atoms with Gasteiger partial charge in [-0.2, -0.15) is 0 Å². The quantitative estimate of drug-likeness (QED) is 0.375. The van der Waals surface area contributed by atoms with E-state index in [0.717, 1.165) is 0 Å². The Morgan fingerprint density at radius 2 is 1.94 bits per heavy atom. The van der Waals surface area contributed by atoms with Crippen molar-refractivity contribution in [1.82, 2.24) is 10.4 Å². The van der Waals surface area contributed by atoms with Gasteiger partial charge in [-0.15, -0.1) is 5.06 Å². The number of likely N-dealkylation sites (N-methyl/N-ethyl adjacent to an activating group) is 1. The summed E-state index contributed by atoms with van der Waals surface area (Å²) >= 11 is 0. The van der Waals surface area contributed by atoms with Crippen molar-refractivity contribution in [2.75, 3.05) is 7.05 Å². The van der Waals surface area contributed by atoms with Gasteiger partial charge in [-0.3, -0.25) is 9.59 Å². The van der Waals surface area contributed by atoms with Crippen LogP contribution in [0.25, 0.3) is 0 Å². The number of imide groups is 1. The molecular weight excluding hydrogens is 232 g/mol. The number of nitrogens with one attached hydrogen (secondary N) is 1. The Kier molecular flexibility index (Phi) is 4.55. The summed E-state index contributed by atoms with van der Waals surface area (Å²) in [7, 11) is 1.43. The second kappa shape index (κ2) is 5.71. The third-order valence-corrected chi connectivity index (χ3v) is 2.32. The number of carbonyl (C=O) groups excluding carboxylic acids is 3. The van der Waals surface area contributed by atoms with E-state index in [2.05, 4.69) is 10.2 Å². The number of hydrogen-bond donors (Lipinski definition) is 3. The minimum Gasteiger partial charge on any atom is -0.367 e. The lowest BCUT2D eigenvalue weighted by Crippen LogP contribution is -2.41. The van der Waals surface area contributed by atoms with Gasteiger partial charge in [-0.05, 0) is 7.05 Å². The average molecular weight is 246 g/mol. The Labute approximate surface area is 97.1 Å². The molecule has 0 bridgehead atoms. The van der Waals surface area contributed by atoms with Gasteiger partial charge in [0.25, 0.3) is 11.8 Å². The van der Waals surface area contributed by atoms with Crippen molar-refractivity contribution in [3.8, 4) is 0 Å². The fourth-order valence-corrected chi connectivity index (χ4v) is 1.33. The lowest BCUT2D eigenvalue weighted by Gasteiger charge is -2.18. The van der Waals surface area contributed by atoms with Crippen molar-refractivity contribution in [3.05, 3.63) is 0 Å². The zero-order valence-electron chi connectivity index (χ0n) is 9.25. The zero-order valence-corrected chi connectivity index (χ0v) is 9.25. The lowest BCUT2D eigenvalue weighted by atomic mass is 10.2.